The van der Waals surface area contributed by atoms with Crippen LogP contribution in [0.5, 0.6) is 0 Å². The van der Waals surface area contributed by atoms with E-state index >= 15 is 0 Å². The molecule has 5 atom stereocenters. The molecule has 110 valence electrons. The second kappa shape index (κ2) is 5.62. The van der Waals surface area contributed by atoms with E-state index in [0.717, 1.165) is 0 Å². The molecule has 1 aromatic carbocycles. The zero-order valence-electron chi connectivity index (χ0n) is 11.4. The van der Waals surface area contributed by atoms with Crippen molar-refractivity contribution in [2.24, 2.45) is 0 Å². The van der Waals surface area contributed by atoms with Crippen LogP contribution in [0.1, 0.15) is 13.3 Å². The van der Waals surface area contributed by atoms with Crippen molar-refractivity contribution in [2.75, 3.05) is 0 Å². The summed E-state index contributed by atoms with van der Waals surface area (Å²) < 4.78 is 12.4. The first kappa shape index (κ1) is 14.9. The predicted molar refractivity (Wildman–Crippen MR) is 78.6 cm³/mol. The molecule has 0 radical (unpaired) electrons. The molecular weight excluding hydrogens is 357 g/mol. The van der Waals surface area contributed by atoms with Crippen LogP contribution < -0.4 is 4.46 Å². The third-order valence-electron chi connectivity index (χ3n) is 3.78. The first-order valence-corrected chi connectivity index (χ1v) is 8.96. The number of carbonyl (C=O) groups excluding carboxylic acids is 1. The molecule has 6 heteroatoms. The van der Waals surface area contributed by atoms with Gasteiger partial charge in [0.2, 0.25) is 0 Å². The number of ether oxygens (including phenoxy) is 2. The summed E-state index contributed by atoms with van der Waals surface area (Å²) >= 11 is 6.55. The Morgan fingerprint density at radius 2 is 2.24 bits per heavy atom. The van der Waals surface area contributed by atoms with Gasteiger partial charge in [-0.1, -0.05) is 0 Å². The Hall–Kier alpha value is -1.05. The van der Waals surface area contributed by atoms with Gasteiger partial charge in [-0.25, -0.2) is 0 Å². The summed E-state index contributed by atoms with van der Waals surface area (Å²) in [5.41, 5.74) is -1.18. The van der Waals surface area contributed by atoms with Crippen molar-refractivity contribution in [3.63, 3.8) is 0 Å². The van der Waals surface area contributed by atoms with Gasteiger partial charge < -0.3 is 0 Å². The molecule has 3 rings (SSSR count). The van der Waals surface area contributed by atoms with Gasteiger partial charge in [-0.3, -0.25) is 0 Å². The Kier molecular flexibility index (Phi) is 3.98. The molecule has 2 aliphatic rings. The van der Waals surface area contributed by atoms with Crippen LogP contribution in [0.4, 0.5) is 0 Å². The van der Waals surface area contributed by atoms with Gasteiger partial charge in [0.05, 0.1) is 0 Å². The van der Waals surface area contributed by atoms with Crippen molar-refractivity contribution in [3.05, 3.63) is 30.3 Å². The van der Waals surface area contributed by atoms with E-state index in [1.165, 1.54) is 11.4 Å². The summed E-state index contributed by atoms with van der Waals surface area (Å²) in [5.74, 6) is -0.454. The minimum atomic E-state index is -1.18. The molecule has 0 unspecified atom stereocenters. The van der Waals surface area contributed by atoms with E-state index in [0.29, 0.717) is 6.42 Å². The fourth-order valence-corrected chi connectivity index (χ4v) is 6.30. The van der Waals surface area contributed by atoms with Crippen molar-refractivity contribution in [1.82, 2.24) is 0 Å². The van der Waals surface area contributed by atoms with Gasteiger partial charge in [0.1, 0.15) is 0 Å². The molecule has 21 heavy (non-hydrogen) atoms. The third-order valence-corrected chi connectivity index (χ3v) is 7.52. The fourth-order valence-electron chi connectivity index (χ4n) is 2.94. The van der Waals surface area contributed by atoms with Crippen LogP contribution >= 0.6 is 11.6 Å². The Morgan fingerprint density at radius 3 is 2.81 bits per heavy atom. The molecule has 0 spiro atoms. The van der Waals surface area contributed by atoms with Gasteiger partial charge in [-0.05, 0) is 0 Å². The van der Waals surface area contributed by atoms with Crippen LogP contribution in [-0.2, 0) is 14.3 Å². The number of nitrogens with zero attached hydrogens (tertiary/aromatic N) is 1. The molecule has 0 amide bonds. The van der Waals surface area contributed by atoms with Crippen LogP contribution in [0.15, 0.2) is 30.3 Å². The Balaban J connectivity index is 1.85. The molecule has 0 aromatic heterocycles. The number of alkyl halides is 1. The zero-order valence-corrected chi connectivity index (χ0v) is 13.8. The SMILES string of the molecule is CC(=O)O[C@@]1(C#N)C[C@@H]2O[C@H]1[C@@H]([Se]c1ccccc1)[C@@H]2Cl. The summed E-state index contributed by atoms with van der Waals surface area (Å²) in [6.45, 7) is 1.32. The maximum absolute atomic E-state index is 11.3. The van der Waals surface area contributed by atoms with E-state index in [-0.39, 0.29) is 31.3 Å². The van der Waals surface area contributed by atoms with Gasteiger partial charge in [0.15, 0.2) is 0 Å². The van der Waals surface area contributed by atoms with Crippen molar-refractivity contribution < 1.29 is 14.3 Å². The van der Waals surface area contributed by atoms with Crippen LogP contribution in [0.2, 0.25) is 4.82 Å². The predicted octanol–water partition coefficient (Wildman–Crippen LogP) is 1.41. The molecule has 4 nitrogen and oxygen atoms in total. The molecule has 1 aromatic rings. The zero-order chi connectivity index (χ0) is 15.0. The molecule has 2 aliphatic heterocycles. The molecule has 2 bridgehead atoms. The first-order valence-electron chi connectivity index (χ1n) is 6.68. The molecule has 2 heterocycles. The second-order valence-corrected chi connectivity index (χ2v) is 8.36. The van der Waals surface area contributed by atoms with Gasteiger partial charge in [0, 0.05) is 0 Å². The molecule has 0 saturated carbocycles. The molecule has 2 fully saturated rings. The summed E-state index contributed by atoms with van der Waals surface area (Å²) in [4.78, 5) is 11.4. The standard InChI is InChI=1S/C15H14ClNO3Se/c1-9(18)20-15(8-17)7-11-12(16)13(14(15)19-11)21-10-5-3-2-4-6-10/h2-6,11-14H,7H2,1H3/t11-,12+,13-,14-,15+/m0/s1. The quantitative estimate of drug-likeness (QED) is 0.458. The molecular formula is C15H14ClNO3Se. The normalized spacial score (nSPS) is 37.2. The van der Waals surface area contributed by atoms with Crippen LogP contribution in [-0.4, -0.2) is 44.1 Å². The van der Waals surface area contributed by atoms with E-state index in [2.05, 4.69) is 18.2 Å². The molecule has 0 aliphatic carbocycles. The number of hydrogen-bond acceptors (Lipinski definition) is 4. The van der Waals surface area contributed by atoms with Crippen molar-refractivity contribution in [2.45, 2.75) is 41.3 Å². The second-order valence-electron chi connectivity index (χ2n) is 5.23. The monoisotopic (exact) mass is 371 g/mol. The van der Waals surface area contributed by atoms with Crippen molar-refractivity contribution >= 4 is 37.0 Å². The number of fused-ring (bicyclic) bond motifs is 2. The Morgan fingerprint density at radius 1 is 1.52 bits per heavy atom. The van der Waals surface area contributed by atoms with E-state index < -0.39 is 17.7 Å². The van der Waals surface area contributed by atoms with Crippen LogP contribution in [0, 0.1) is 11.3 Å². The number of rotatable bonds is 3. The number of halogens is 1. The average Bonchev–Trinajstić information content (AvgIpc) is 2.97. The number of esters is 1. The Labute approximate surface area is 134 Å². The van der Waals surface area contributed by atoms with E-state index in [1.54, 1.807) is 0 Å². The number of nitriles is 1. The maximum atomic E-state index is 11.3. The van der Waals surface area contributed by atoms with E-state index in [9.17, 15) is 10.1 Å². The van der Waals surface area contributed by atoms with E-state index in [1.807, 2.05) is 18.2 Å². The average molecular weight is 371 g/mol. The number of carbonyl (C=O) groups is 1. The van der Waals surface area contributed by atoms with Gasteiger partial charge in [-0.15, -0.1) is 0 Å². The summed E-state index contributed by atoms with van der Waals surface area (Å²) in [7, 11) is 0. The third kappa shape index (κ3) is 2.58. The number of benzene rings is 1. The fraction of sp³-hybridized carbons (Fsp3) is 0.467. The van der Waals surface area contributed by atoms with Crippen LogP contribution in [0.3, 0.4) is 0 Å². The van der Waals surface area contributed by atoms with Crippen LogP contribution in [0.25, 0.3) is 0 Å². The molecule has 0 N–H and O–H groups in total. The topological polar surface area (TPSA) is 59.3 Å². The number of hydrogen-bond donors (Lipinski definition) is 0. The first-order chi connectivity index (χ1) is 10.1. The summed E-state index contributed by atoms with van der Waals surface area (Å²) in [6, 6.07) is 12.2. The van der Waals surface area contributed by atoms with Gasteiger partial charge in [0.25, 0.3) is 0 Å². The van der Waals surface area contributed by atoms with E-state index in [4.69, 9.17) is 21.1 Å². The van der Waals surface area contributed by atoms with Gasteiger partial charge >= 0.3 is 134 Å². The minimum absolute atomic E-state index is 0.0271. The van der Waals surface area contributed by atoms with Crippen molar-refractivity contribution in [1.29, 1.82) is 5.26 Å². The molecule has 2 saturated heterocycles. The summed E-state index contributed by atoms with van der Waals surface area (Å²) in [6.07, 6.45) is -0.283. The summed E-state index contributed by atoms with van der Waals surface area (Å²) in [5, 5.41) is 9.38. The Bertz CT molecular complexity index is 590. The van der Waals surface area contributed by atoms with Crippen molar-refractivity contribution in [3.8, 4) is 6.07 Å². The van der Waals surface area contributed by atoms with Gasteiger partial charge in [-0.2, -0.15) is 0 Å².